The van der Waals surface area contributed by atoms with Crippen LogP contribution in [0.3, 0.4) is 0 Å². The largest absolute Gasteiger partial charge is 0.543 e. The number of anilines is 1. The summed E-state index contributed by atoms with van der Waals surface area (Å²) in [7, 11) is 1.29. The maximum absolute atomic E-state index is 13.1. The van der Waals surface area contributed by atoms with E-state index in [0.29, 0.717) is 17.9 Å². The fourth-order valence-corrected chi connectivity index (χ4v) is 6.71. The van der Waals surface area contributed by atoms with E-state index in [1.807, 2.05) is 12.3 Å². The third kappa shape index (κ3) is 4.32. The molecule has 3 aliphatic rings. The molecule has 0 bridgehead atoms. The van der Waals surface area contributed by atoms with Crippen LogP contribution in [0.15, 0.2) is 40.1 Å². The number of hydrogen-bond acceptors (Lipinski definition) is 10. The van der Waals surface area contributed by atoms with Crippen LogP contribution in [0.2, 0.25) is 0 Å². The van der Waals surface area contributed by atoms with Crippen molar-refractivity contribution >= 4 is 51.7 Å². The molecule has 4 heterocycles. The van der Waals surface area contributed by atoms with Crippen molar-refractivity contribution in [3.05, 3.63) is 51.9 Å². The Labute approximate surface area is 215 Å². The van der Waals surface area contributed by atoms with E-state index in [1.165, 1.54) is 35.0 Å². The molecule has 0 spiro atoms. The second-order valence-corrected chi connectivity index (χ2v) is 10.6. The predicted octanol–water partition coefficient (Wildman–Crippen LogP) is -0.654. The first-order valence-corrected chi connectivity index (χ1v) is 13.3. The molecular formula is C23H24N6O5S2. The van der Waals surface area contributed by atoms with Crippen molar-refractivity contribution in [1.82, 2.24) is 15.2 Å². The van der Waals surface area contributed by atoms with Gasteiger partial charge in [0, 0.05) is 34.8 Å². The Hall–Kier alpha value is -3.45. The number of nitrogens with one attached hydrogen (secondary N) is 1. The van der Waals surface area contributed by atoms with Gasteiger partial charge in [0.2, 0.25) is 0 Å². The van der Waals surface area contributed by atoms with Gasteiger partial charge in [-0.1, -0.05) is 5.16 Å². The average Bonchev–Trinajstić information content (AvgIpc) is 3.31. The number of carbonyl (C=O) groups is 3. The van der Waals surface area contributed by atoms with Gasteiger partial charge in [0.25, 0.3) is 11.8 Å². The number of thiazole rings is 1. The normalized spacial score (nSPS) is 21.4. The van der Waals surface area contributed by atoms with Crippen LogP contribution in [0.25, 0.3) is 0 Å². The van der Waals surface area contributed by atoms with Gasteiger partial charge in [-0.25, -0.2) is 4.98 Å². The summed E-state index contributed by atoms with van der Waals surface area (Å²) in [4.78, 5) is 48.2. The second-order valence-electron chi connectivity index (χ2n) is 8.61. The average molecular weight is 529 g/mol. The topological polar surface area (TPSA) is 154 Å². The van der Waals surface area contributed by atoms with Gasteiger partial charge in [-0.2, -0.15) is 4.57 Å². The standard InChI is InChI=1S/C23H24N6O5S2/c1-34-27-16(14-11-36-23(24)25-14)19(30)26-17-20(31)29-18(22(32)33)13(10-35-21(17)29)9-28-8-4-6-12-5-2-3-7-15(12)28/h4,6,8,11,17,21H,2-3,5,7,9-10H2,1H3,(H3-,24,25,26,30,32,33)/b27-16+. The molecule has 188 valence electrons. The molecule has 1 fully saturated rings. The van der Waals surface area contributed by atoms with Crippen molar-refractivity contribution in [1.29, 1.82) is 0 Å². The Morgan fingerprint density at radius 2 is 2.19 bits per heavy atom. The quantitative estimate of drug-likeness (QED) is 0.208. The Bertz CT molecular complexity index is 1310. The van der Waals surface area contributed by atoms with Crippen LogP contribution in [0.1, 0.15) is 29.8 Å². The minimum atomic E-state index is -1.40. The van der Waals surface area contributed by atoms with Crippen molar-refractivity contribution in [2.45, 2.75) is 43.6 Å². The minimum Gasteiger partial charge on any atom is -0.543 e. The number of hydrogen-bond donors (Lipinski definition) is 2. The van der Waals surface area contributed by atoms with Gasteiger partial charge in [-0.3, -0.25) is 14.5 Å². The molecule has 11 nitrogen and oxygen atoms in total. The van der Waals surface area contributed by atoms with Crippen LogP contribution in [-0.2, 0) is 38.6 Å². The van der Waals surface area contributed by atoms with E-state index >= 15 is 0 Å². The molecule has 13 heteroatoms. The summed E-state index contributed by atoms with van der Waals surface area (Å²) in [6.07, 6.45) is 6.13. The van der Waals surface area contributed by atoms with E-state index in [-0.39, 0.29) is 22.2 Å². The van der Waals surface area contributed by atoms with Gasteiger partial charge in [0.05, 0.1) is 11.7 Å². The first kappa shape index (κ1) is 24.3. The fraction of sp³-hybridized carbons (Fsp3) is 0.391. The third-order valence-corrected chi connectivity index (χ3v) is 8.45. The lowest BCUT2D eigenvalue weighted by atomic mass is 9.95. The number of aliphatic carboxylic acids is 1. The van der Waals surface area contributed by atoms with Gasteiger partial charge in [-0.05, 0) is 25.3 Å². The summed E-state index contributed by atoms with van der Waals surface area (Å²) in [6.45, 7) is 0.364. The van der Waals surface area contributed by atoms with Gasteiger partial charge in [0.15, 0.2) is 29.3 Å². The predicted molar refractivity (Wildman–Crippen MR) is 130 cm³/mol. The molecule has 2 unspecified atom stereocenters. The number of aromatic nitrogens is 2. The van der Waals surface area contributed by atoms with Crippen molar-refractivity contribution in [3.8, 4) is 0 Å². The van der Waals surface area contributed by atoms with Crippen LogP contribution < -0.4 is 20.7 Å². The van der Waals surface area contributed by atoms with Crippen LogP contribution in [0.5, 0.6) is 0 Å². The molecule has 1 aliphatic carbocycles. The molecule has 2 aromatic rings. The van der Waals surface area contributed by atoms with Crippen LogP contribution in [0, 0.1) is 0 Å². The monoisotopic (exact) mass is 528 g/mol. The molecule has 2 amide bonds. The summed E-state index contributed by atoms with van der Waals surface area (Å²) in [5, 5.41) is 19.8. The SMILES string of the molecule is CO/N=C(/C(=O)NC1C(=O)N2C(C(=O)[O-])=C(C[n+]3cccc4c3CCCC4)CSC12)c1csc(N)n1. The molecule has 3 N–H and O–H groups in total. The van der Waals surface area contributed by atoms with Crippen LogP contribution in [0.4, 0.5) is 5.13 Å². The number of nitrogens with zero attached hydrogens (tertiary/aromatic N) is 4. The lowest BCUT2D eigenvalue weighted by Gasteiger charge is -2.50. The van der Waals surface area contributed by atoms with Crippen molar-refractivity contribution < 1.29 is 28.9 Å². The summed E-state index contributed by atoms with van der Waals surface area (Å²) in [5.41, 5.74) is 8.72. The first-order valence-electron chi connectivity index (χ1n) is 11.4. The molecular weight excluding hydrogens is 504 g/mol. The highest BCUT2D eigenvalue weighted by Gasteiger charge is 2.53. The van der Waals surface area contributed by atoms with Crippen molar-refractivity contribution in [2.75, 3.05) is 18.6 Å². The smallest absolute Gasteiger partial charge is 0.276 e. The second kappa shape index (κ2) is 9.90. The highest BCUT2D eigenvalue weighted by Crippen LogP contribution is 2.40. The number of nitrogen functional groups attached to an aromatic ring is 1. The van der Waals surface area contributed by atoms with Gasteiger partial charge in [0.1, 0.15) is 24.2 Å². The first-order chi connectivity index (χ1) is 17.4. The Morgan fingerprint density at radius 3 is 2.92 bits per heavy atom. The lowest BCUT2D eigenvalue weighted by molar-refractivity contribution is -0.697. The van der Waals surface area contributed by atoms with E-state index in [4.69, 9.17) is 10.6 Å². The van der Waals surface area contributed by atoms with E-state index < -0.39 is 29.2 Å². The Kier molecular flexibility index (Phi) is 6.67. The third-order valence-electron chi connectivity index (χ3n) is 6.44. The number of rotatable bonds is 7. The molecule has 0 radical (unpaired) electrons. The van der Waals surface area contributed by atoms with Crippen molar-refractivity contribution in [2.24, 2.45) is 5.16 Å². The number of carboxylic acids is 1. The number of nitrogens with two attached hydrogens (primary N) is 1. The summed E-state index contributed by atoms with van der Waals surface area (Å²) in [6, 6.07) is 3.16. The number of carbonyl (C=O) groups excluding carboxylic acids is 3. The Balaban J connectivity index is 1.36. The number of amides is 2. The number of carboxylic acid groups (broad SMARTS) is 1. The molecule has 0 saturated carbocycles. The van der Waals surface area contributed by atoms with Gasteiger partial charge >= 0.3 is 0 Å². The summed E-state index contributed by atoms with van der Waals surface area (Å²) < 4.78 is 2.07. The minimum absolute atomic E-state index is 0.117. The Morgan fingerprint density at radius 1 is 1.39 bits per heavy atom. The molecule has 5 rings (SSSR count). The van der Waals surface area contributed by atoms with E-state index in [9.17, 15) is 19.5 Å². The van der Waals surface area contributed by atoms with E-state index in [2.05, 4.69) is 26.1 Å². The molecule has 2 aliphatic heterocycles. The molecule has 2 atom stereocenters. The molecule has 2 aromatic heterocycles. The zero-order valence-corrected chi connectivity index (χ0v) is 21.1. The highest BCUT2D eigenvalue weighted by atomic mass is 32.2. The molecule has 1 saturated heterocycles. The number of aryl methyl sites for hydroxylation is 1. The van der Waals surface area contributed by atoms with E-state index in [1.54, 1.807) is 5.38 Å². The summed E-state index contributed by atoms with van der Waals surface area (Å²) in [5.74, 6) is -2.20. The molecule has 36 heavy (non-hydrogen) atoms. The van der Waals surface area contributed by atoms with Crippen LogP contribution in [-0.4, -0.2) is 57.7 Å². The fourth-order valence-electron chi connectivity index (χ4n) is 4.82. The van der Waals surface area contributed by atoms with Crippen molar-refractivity contribution in [3.63, 3.8) is 0 Å². The van der Waals surface area contributed by atoms with Crippen LogP contribution >= 0.6 is 23.1 Å². The number of pyridine rings is 1. The number of oxime groups is 1. The highest BCUT2D eigenvalue weighted by molar-refractivity contribution is 8.00. The number of β-lactam (4-membered cyclic amide) rings is 1. The number of fused-ring (bicyclic) bond motifs is 2. The zero-order valence-electron chi connectivity index (χ0n) is 19.4. The lowest BCUT2D eigenvalue weighted by Crippen LogP contribution is -2.71. The van der Waals surface area contributed by atoms with Gasteiger partial charge in [-0.15, -0.1) is 23.1 Å². The summed E-state index contributed by atoms with van der Waals surface area (Å²) >= 11 is 2.54. The number of thioether (sulfide) groups is 1. The maximum atomic E-state index is 13.1. The van der Waals surface area contributed by atoms with E-state index in [0.717, 1.165) is 37.0 Å². The molecule has 0 aromatic carbocycles. The van der Waals surface area contributed by atoms with Gasteiger partial charge < -0.3 is 25.8 Å². The maximum Gasteiger partial charge on any atom is 0.276 e. The zero-order chi connectivity index (χ0) is 25.4.